The van der Waals surface area contributed by atoms with Gasteiger partial charge in [0.15, 0.2) is 5.82 Å². The number of nitrogen functional groups attached to an aromatic ring is 1. The molecule has 2 aromatic rings. The van der Waals surface area contributed by atoms with E-state index in [2.05, 4.69) is 14.9 Å². The van der Waals surface area contributed by atoms with Crippen LogP contribution in [0.25, 0.3) is 0 Å². The zero-order valence-corrected chi connectivity index (χ0v) is 13.0. The van der Waals surface area contributed by atoms with Gasteiger partial charge in [-0.25, -0.2) is 13.1 Å². The Labute approximate surface area is 123 Å². The first-order valence-electron chi connectivity index (χ1n) is 6.45. The molecule has 8 heteroatoms. The smallest absolute Gasteiger partial charge is 0.242 e. The van der Waals surface area contributed by atoms with E-state index in [1.165, 1.54) is 0 Å². The van der Waals surface area contributed by atoms with E-state index < -0.39 is 10.0 Å². The Morgan fingerprint density at radius 3 is 2.52 bits per heavy atom. The summed E-state index contributed by atoms with van der Waals surface area (Å²) in [7, 11) is -3.66. The summed E-state index contributed by atoms with van der Waals surface area (Å²) in [5.74, 6) is 0.912. The number of benzene rings is 1. The maximum atomic E-state index is 12.3. The summed E-state index contributed by atoms with van der Waals surface area (Å²) in [6.07, 6.45) is 0.324. The van der Waals surface area contributed by atoms with Crippen molar-refractivity contribution < 1.29 is 12.9 Å². The molecule has 1 aromatic heterocycles. The van der Waals surface area contributed by atoms with Crippen LogP contribution in [0.4, 0.5) is 5.69 Å². The first-order valence-corrected chi connectivity index (χ1v) is 7.93. The van der Waals surface area contributed by atoms with Crippen molar-refractivity contribution in [3.05, 3.63) is 35.0 Å². The predicted octanol–water partition coefficient (Wildman–Crippen LogP) is 1.10. The van der Waals surface area contributed by atoms with Gasteiger partial charge < -0.3 is 10.3 Å². The molecular formula is C13H18N4O3S. The fourth-order valence-electron chi connectivity index (χ4n) is 1.86. The highest BCUT2D eigenvalue weighted by Gasteiger charge is 2.18. The molecule has 0 fully saturated rings. The van der Waals surface area contributed by atoms with E-state index in [-0.39, 0.29) is 17.1 Å². The molecule has 2 rings (SSSR count). The van der Waals surface area contributed by atoms with Crippen molar-refractivity contribution in [2.24, 2.45) is 0 Å². The van der Waals surface area contributed by atoms with Gasteiger partial charge in [-0.15, -0.1) is 0 Å². The number of sulfonamides is 1. The van der Waals surface area contributed by atoms with E-state index in [0.29, 0.717) is 18.1 Å². The molecule has 21 heavy (non-hydrogen) atoms. The molecule has 0 spiro atoms. The minimum Gasteiger partial charge on any atom is -0.398 e. The standard InChI is InChI=1S/C13H18N4O3S/c1-8-6-11(14)12(7-9(8)2)21(18,19)15-5-4-13-16-10(3)17-20-13/h6-7,15H,4-5,14H2,1-3H3. The summed E-state index contributed by atoms with van der Waals surface area (Å²) in [5, 5.41) is 3.64. The van der Waals surface area contributed by atoms with Gasteiger partial charge in [0.2, 0.25) is 15.9 Å². The second-order valence-electron chi connectivity index (χ2n) is 4.86. The van der Waals surface area contributed by atoms with Crippen LogP contribution in [-0.4, -0.2) is 25.1 Å². The van der Waals surface area contributed by atoms with Gasteiger partial charge in [0.25, 0.3) is 0 Å². The van der Waals surface area contributed by atoms with Gasteiger partial charge in [-0.1, -0.05) is 5.16 Å². The summed E-state index contributed by atoms with van der Waals surface area (Å²) in [6, 6.07) is 3.23. The highest BCUT2D eigenvalue weighted by Crippen LogP contribution is 2.22. The molecule has 0 atom stereocenters. The van der Waals surface area contributed by atoms with Crippen molar-refractivity contribution in [2.75, 3.05) is 12.3 Å². The first kappa shape index (κ1) is 15.5. The molecular weight excluding hydrogens is 292 g/mol. The van der Waals surface area contributed by atoms with Crippen LogP contribution < -0.4 is 10.5 Å². The molecule has 0 saturated heterocycles. The van der Waals surface area contributed by atoms with Gasteiger partial charge >= 0.3 is 0 Å². The van der Waals surface area contributed by atoms with Gasteiger partial charge in [0, 0.05) is 13.0 Å². The Bertz CT molecular complexity index is 753. The van der Waals surface area contributed by atoms with E-state index in [4.69, 9.17) is 10.3 Å². The highest BCUT2D eigenvalue weighted by molar-refractivity contribution is 7.89. The van der Waals surface area contributed by atoms with Crippen LogP contribution in [0.5, 0.6) is 0 Å². The summed E-state index contributed by atoms with van der Waals surface area (Å²) in [4.78, 5) is 4.10. The third kappa shape index (κ3) is 3.59. The number of hydrogen-bond acceptors (Lipinski definition) is 6. The minimum atomic E-state index is -3.66. The number of anilines is 1. The Balaban J connectivity index is 2.10. The van der Waals surface area contributed by atoms with Crippen molar-refractivity contribution in [3.8, 4) is 0 Å². The maximum absolute atomic E-state index is 12.3. The molecule has 7 nitrogen and oxygen atoms in total. The summed E-state index contributed by atoms with van der Waals surface area (Å²) in [6.45, 7) is 5.59. The molecule has 3 N–H and O–H groups in total. The Morgan fingerprint density at radius 2 is 1.90 bits per heavy atom. The van der Waals surface area contributed by atoms with Gasteiger partial charge in [0.1, 0.15) is 4.90 Å². The largest absolute Gasteiger partial charge is 0.398 e. The lowest BCUT2D eigenvalue weighted by molar-refractivity contribution is 0.375. The Hall–Kier alpha value is -1.93. The Kier molecular flexibility index (Phi) is 4.29. The molecule has 1 aromatic carbocycles. The third-order valence-corrected chi connectivity index (χ3v) is 4.63. The quantitative estimate of drug-likeness (QED) is 0.800. The molecule has 1 heterocycles. The average molecular weight is 310 g/mol. The number of rotatable bonds is 5. The SMILES string of the molecule is Cc1noc(CCNS(=O)(=O)c2cc(C)c(C)cc2N)n1. The molecule has 0 aliphatic rings. The molecule has 0 unspecified atom stereocenters. The normalized spacial score (nSPS) is 11.8. The lowest BCUT2D eigenvalue weighted by atomic mass is 10.1. The van der Waals surface area contributed by atoms with E-state index in [1.807, 2.05) is 13.8 Å². The lowest BCUT2D eigenvalue weighted by Crippen LogP contribution is -2.27. The maximum Gasteiger partial charge on any atom is 0.242 e. The van der Waals surface area contributed by atoms with Crippen LogP contribution >= 0.6 is 0 Å². The molecule has 0 aliphatic carbocycles. The van der Waals surface area contributed by atoms with Crippen LogP contribution in [0, 0.1) is 20.8 Å². The fraction of sp³-hybridized carbons (Fsp3) is 0.385. The number of hydrogen-bond donors (Lipinski definition) is 2. The second kappa shape index (κ2) is 5.82. The van der Waals surface area contributed by atoms with Crippen molar-refractivity contribution in [3.63, 3.8) is 0 Å². The summed E-state index contributed by atoms with van der Waals surface area (Å²) in [5.41, 5.74) is 7.86. The number of aryl methyl sites for hydroxylation is 3. The second-order valence-corrected chi connectivity index (χ2v) is 6.59. The monoisotopic (exact) mass is 310 g/mol. The van der Waals surface area contributed by atoms with Crippen LogP contribution in [0.3, 0.4) is 0 Å². The van der Waals surface area contributed by atoms with E-state index >= 15 is 0 Å². The Morgan fingerprint density at radius 1 is 1.24 bits per heavy atom. The van der Waals surface area contributed by atoms with E-state index in [9.17, 15) is 8.42 Å². The first-order chi connectivity index (χ1) is 9.79. The zero-order valence-electron chi connectivity index (χ0n) is 12.2. The summed E-state index contributed by atoms with van der Waals surface area (Å²) < 4.78 is 31.9. The van der Waals surface area contributed by atoms with Crippen LogP contribution in [-0.2, 0) is 16.4 Å². The summed E-state index contributed by atoms with van der Waals surface area (Å²) >= 11 is 0. The van der Waals surface area contributed by atoms with Crippen molar-refractivity contribution in [1.82, 2.24) is 14.9 Å². The minimum absolute atomic E-state index is 0.0901. The number of nitrogens with one attached hydrogen (secondary N) is 1. The van der Waals surface area contributed by atoms with Gasteiger partial charge in [0.05, 0.1) is 5.69 Å². The third-order valence-electron chi connectivity index (χ3n) is 3.12. The number of aromatic nitrogens is 2. The molecule has 0 saturated carbocycles. The lowest BCUT2D eigenvalue weighted by Gasteiger charge is -2.11. The van der Waals surface area contributed by atoms with Crippen LogP contribution in [0.2, 0.25) is 0 Å². The topological polar surface area (TPSA) is 111 Å². The van der Waals surface area contributed by atoms with Crippen molar-refractivity contribution in [1.29, 1.82) is 0 Å². The van der Waals surface area contributed by atoms with Crippen LogP contribution in [0.15, 0.2) is 21.6 Å². The van der Waals surface area contributed by atoms with Gasteiger partial charge in [-0.2, -0.15) is 4.98 Å². The highest BCUT2D eigenvalue weighted by atomic mass is 32.2. The molecule has 0 aliphatic heterocycles. The molecule has 0 amide bonds. The number of nitrogens with zero attached hydrogens (tertiary/aromatic N) is 2. The molecule has 0 radical (unpaired) electrons. The zero-order chi connectivity index (χ0) is 15.6. The van der Waals surface area contributed by atoms with Gasteiger partial charge in [-0.3, -0.25) is 0 Å². The van der Waals surface area contributed by atoms with Crippen molar-refractivity contribution >= 4 is 15.7 Å². The van der Waals surface area contributed by atoms with Crippen LogP contribution in [0.1, 0.15) is 22.8 Å². The number of nitrogens with two attached hydrogens (primary N) is 1. The fourth-order valence-corrected chi connectivity index (χ4v) is 3.08. The predicted molar refractivity (Wildman–Crippen MR) is 78.3 cm³/mol. The average Bonchev–Trinajstić information content (AvgIpc) is 2.79. The van der Waals surface area contributed by atoms with Gasteiger partial charge in [-0.05, 0) is 44.0 Å². The molecule has 0 bridgehead atoms. The van der Waals surface area contributed by atoms with Crippen molar-refractivity contribution in [2.45, 2.75) is 32.1 Å². The van der Waals surface area contributed by atoms with E-state index in [1.54, 1.807) is 19.1 Å². The molecule has 114 valence electrons. The van der Waals surface area contributed by atoms with E-state index in [0.717, 1.165) is 11.1 Å².